The van der Waals surface area contributed by atoms with Gasteiger partial charge in [0.1, 0.15) is 0 Å². The lowest BCUT2D eigenvalue weighted by atomic mass is 9.59. The third kappa shape index (κ3) is 4.55. The van der Waals surface area contributed by atoms with Crippen LogP contribution in [-0.4, -0.2) is 4.57 Å². The number of benzene rings is 8. The van der Waals surface area contributed by atoms with Gasteiger partial charge in [0.15, 0.2) is 0 Å². The Kier molecular flexibility index (Phi) is 7.05. The fourth-order valence-electron chi connectivity index (χ4n) is 14.2. The molecule has 15 rings (SSSR count). The molecule has 0 amide bonds. The minimum atomic E-state index is -0.0627. The zero-order chi connectivity index (χ0) is 40.9. The molecule has 4 saturated carbocycles. The molecule has 0 saturated heterocycles. The lowest BCUT2D eigenvalue weighted by Crippen LogP contribution is -2.40. The van der Waals surface area contributed by atoms with Gasteiger partial charge in [-0.1, -0.05) is 135 Å². The molecule has 62 heavy (non-hydrogen) atoms. The molecule has 0 aliphatic heterocycles. The summed E-state index contributed by atoms with van der Waals surface area (Å²) in [7, 11) is 0. The van der Waals surface area contributed by atoms with E-state index >= 15 is 0 Å². The summed E-state index contributed by atoms with van der Waals surface area (Å²) in [5.41, 5.74) is 21.3. The normalized spacial score (nSPS) is 22.9. The van der Waals surface area contributed by atoms with E-state index in [1.54, 1.807) is 11.1 Å². The number of aromatic nitrogens is 1. The van der Waals surface area contributed by atoms with Crippen molar-refractivity contribution in [2.45, 2.75) is 50.4 Å². The Bertz CT molecular complexity index is 3310. The molecule has 1 heterocycles. The molecular formula is C60H48N2. The van der Waals surface area contributed by atoms with Crippen molar-refractivity contribution < 1.29 is 0 Å². The third-order valence-corrected chi connectivity index (χ3v) is 16.6. The lowest BCUT2D eigenvalue weighted by molar-refractivity contribution is 0.191. The smallest absolute Gasteiger partial charge is 0.0561 e. The van der Waals surface area contributed by atoms with Gasteiger partial charge in [0.25, 0.3) is 0 Å². The van der Waals surface area contributed by atoms with Gasteiger partial charge >= 0.3 is 0 Å². The second-order valence-electron chi connectivity index (χ2n) is 19.7. The summed E-state index contributed by atoms with van der Waals surface area (Å²) in [6.07, 6.45) is 5.58. The molecule has 1 spiro atoms. The van der Waals surface area contributed by atoms with Crippen molar-refractivity contribution in [3.8, 4) is 39.1 Å². The highest BCUT2D eigenvalue weighted by molar-refractivity contribution is 6.10. The first-order chi connectivity index (χ1) is 30.5. The third-order valence-electron chi connectivity index (χ3n) is 16.6. The van der Waals surface area contributed by atoms with E-state index in [0.29, 0.717) is 0 Å². The largest absolute Gasteiger partial charge is 0.310 e. The van der Waals surface area contributed by atoms with Crippen molar-refractivity contribution in [1.82, 2.24) is 4.57 Å². The van der Waals surface area contributed by atoms with Crippen LogP contribution in [0, 0.1) is 23.7 Å². The average Bonchev–Trinajstić information content (AvgIpc) is 4.03. The van der Waals surface area contributed by atoms with Crippen molar-refractivity contribution in [1.29, 1.82) is 0 Å². The van der Waals surface area contributed by atoms with Gasteiger partial charge in [-0.15, -0.1) is 0 Å². The quantitative estimate of drug-likeness (QED) is 0.168. The highest BCUT2D eigenvalue weighted by Gasteiger charge is 2.66. The van der Waals surface area contributed by atoms with E-state index in [4.69, 9.17) is 0 Å². The molecule has 0 radical (unpaired) electrons. The van der Waals surface area contributed by atoms with E-state index in [1.165, 1.54) is 109 Å². The highest BCUT2D eigenvalue weighted by Crippen LogP contribution is 2.73. The van der Waals surface area contributed by atoms with Crippen LogP contribution in [0.4, 0.5) is 17.1 Å². The molecule has 9 aromatic rings. The van der Waals surface area contributed by atoms with E-state index in [9.17, 15) is 0 Å². The number of rotatable bonds is 5. The van der Waals surface area contributed by atoms with Crippen LogP contribution in [-0.2, 0) is 10.8 Å². The van der Waals surface area contributed by atoms with Gasteiger partial charge in [0, 0.05) is 44.4 Å². The molecule has 5 unspecified atom stereocenters. The number of anilines is 3. The predicted octanol–water partition coefficient (Wildman–Crippen LogP) is 15.6. The van der Waals surface area contributed by atoms with Crippen LogP contribution in [0.15, 0.2) is 182 Å². The molecule has 4 bridgehead atoms. The van der Waals surface area contributed by atoms with Crippen LogP contribution >= 0.6 is 0 Å². The molecule has 2 heteroatoms. The van der Waals surface area contributed by atoms with Gasteiger partial charge in [-0.3, -0.25) is 0 Å². The predicted molar refractivity (Wildman–Crippen MR) is 257 cm³/mol. The lowest BCUT2D eigenvalue weighted by Gasteiger charge is -2.44. The van der Waals surface area contributed by atoms with Crippen molar-refractivity contribution in [3.63, 3.8) is 0 Å². The Morgan fingerprint density at radius 3 is 1.87 bits per heavy atom. The number of nitrogens with zero attached hydrogens (tertiary/aromatic N) is 2. The van der Waals surface area contributed by atoms with Gasteiger partial charge in [-0.25, -0.2) is 0 Å². The summed E-state index contributed by atoms with van der Waals surface area (Å²) < 4.78 is 2.45. The maximum atomic E-state index is 2.58. The zero-order valence-electron chi connectivity index (χ0n) is 35.4. The Morgan fingerprint density at radius 1 is 0.452 bits per heavy atom. The molecule has 6 aliphatic rings. The monoisotopic (exact) mass is 796 g/mol. The first-order valence-electron chi connectivity index (χ1n) is 22.9. The Morgan fingerprint density at radius 2 is 1.06 bits per heavy atom. The van der Waals surface area contributed by atoms with E-state index in [2.05, 4.69) is 205 Å². The second kappa shape index (κ2) is 12.5. The molecule has 298 valence electrons. The Balaban J connectivity index is 1.02. The van der Waals surface area contributed by atoms with Crippen LogP contribution in [0.5, 0.6) is 0 Å². The van der Waals surface area contributed by atoms with E-state index < -0.39 is 0 Å². The van der Waals surface area contributed by atoms with Crippen LogP contribution in [0.2, 0.25) is 0 Å². The van der Waals surface area contributed by atoms with Gasteiger partial charge in [0.2, 0.25) is 0 Å². The fourth-order valence-corrected chi connectivity index (χ4v) is 14.2. The van der Waals surface area contributed by atoms with Crippen molar-refractivity contribution >= 4 is 38.9 Å². The molecule has 2 nitrogen and oxygen atoms in total. The Hall–Kier alpha value is -6.64. The molecule has 8 aromatic carbocycles. The van der Waals surface area contributed by atoms with Gasteiger partial charge in [-0.2, -0.15) is 0 Å². The number of fused-ring (bicyclic) bond motifs is 9. The number of hydrogen-bond acceptors (Lipinski definition) is 1. The summed E-state index contributed by atoms with van der Waals surface area (Å²) in [6.45, 7) is 4.76. The van der Waals surface area contributed by atoms with Crippen molar-refractivity contribution in [3.05, 3.63) is 204 Å². The SMILES string of the molecule is CC1(C)c2ccccc2-c2cc(N(c3ccc4c(c3)-c3cc(-c5ccccc5)ccc3C43C4CC5CC(C4)C3C5)c3ccc4c5ccccc5n(-c5ccccc5)c4c3)ccc21. The molecule has 5 atom stereocenters. The van der Waals surface area contributed by atoms with Crippen LogP contribution in [0.1, 0.15) is 61.8 Å². The van der Waals surface area contributed by atoms with E-state index in [0.717, 1.165) is 29.4 Å². The summed E-state index contributed by atoms with van der Waals surface area (Å²) in [4.78, 5) is 2.55. The maximum Gasteiger partial charge on any atom is 0.0561 e. The van der Waals surface area contributed by atoms with Gasteiger partial charge < -0.3 is 9.47 Å². The first kappa shape index (κ1) is 35.0. The zero-order valence-corrected chi connectivity index (χ0v) is 35.4. The molecule has 4 fully saturated rings. The van der Waals surface area contributed by atoms with Crippen molar-refractivity contribution in [2.24, 2.45) is 23.7 Å². The minimum Gasteiger partial charge on any atom is -0.310 e. The van der Waals surface area contributed by atoms with E-state index in [1.807, 2.05) is 0 Å². The van der Waals surface area contributed by atoms with Crippen LogP contribution in [0.25, 0.3) is 60.9 Å². The first-order valence-corrected chi connectivity index (χ1v) is 22.9. The maximum absolute atomic E-state index is 2.58. The molecule has 6 aliphatic carbocycles. The summed E-state index contributed by atoms with van der Waals surface area (Å²) in [6, 6.07) is 69.4. The fraction of sp³-hybridized carbons (Fsp3) is 0.200. The van der Waals surface area contributed by atoms with Gasteiger partial charge in [-0.05, 0) is 166 Å². The van der Waals surface area contributed by atoms with E-state index in [-0.39, 0.29) is 10.8 Å². The standard InChI is InChI=1S/C60H48N2/c1-59(2)52-19-11-9-17-46(52)50-34-43(23-27-53(50)59)61(45-22-25-48-47-18-10-12-20-57(47)62(58(48)36-45)42-15-7-4-8-16-42)44-24-28-55-51(35-44)49-33-39(38-13-5-3-6-14-38)21-26-54(49)60(55)41-30-37-29-40(32-41)56(60)31-37/h3-28,33-37,40-41,56H,29-32H2,1-2H3. The summed E-state index contributed by atoms with van der Waals surface area (Å²) in [5, 5.41) is 2.54. The molecule has 0 N–H and O–H groups in total. The van der Waals surface area contributed by atoms with Crippen LogP contribution < -0.4 is 4.90 Å². The summed E-state index contributed by atoms with van der Waals surface area (Å²) >= 11 is 0. The van der Waals surface area contributed by atoms with Crippen LogP contribution in [0.3, 0.4) is 0 Å². The van der Waals surface area contributed by atoms with Crippen molar-refractivity contribution in [2.75, 3.05) is 4.90 Å². The molecule has 1 aromatic heterocycles. The Labute approximate surface area is 364 Å². The topological polar surface area (TPSA) is 8.17 Å². The minimum absolute atomic E-state index is 0.0627. The summed E-state index contributed by atoms with van der Waals surface area (Å²) in [5.74, 6) is 3.22. The number of para-hydroxylation sites is 2. The second-order valence-corrected chi connectivity index (χ2v) is 19.7. The van der Waals surface area contributed by atoms with Gasteiger partial charge in [0.05, 0.1) is 11.0 Å². The average molecular weight is 797 g/mol. The molecular weight excluding hydrogens is 749 g/mol. The number of hydrogen-bond donors (Lipinski definition) is 0. The highest BCUT2D eigenvalue weighted by atomic mass is 15.1.